The van der Waals surface area contributed by atoms with Gasteiger partial charge in [-0.1, -0.05) is 35.5 Å². The lowest BCUT2D eigenvalue weighted by Crippen LogP contribution is -1.93. The predicted octanol–water partition coefficient (Wildman–Crippen LogP) is 2.87. The van der Waals surface area contributed by atoms with E-state index in [0.29, 0.717) is 16.7 Å². The van der Waals surface area contributed by atoms with Crippen LogP contribution in [-0.4, -0.2) is 14.5 Å². The van der Waals surface area contributed by atoms with Crippen molar-refractivity contribution in [3.63, 3.8) is 0 Å². The molecule has 0 fully saturated rings. The van der Waals surface area contributed by atoms with Crippen molar-refractivity contribution in [3.05, 3.63) is 47.4 Å². The molecule has 0 aliphatic heterocycles. The molecule has 3 aromatic rings. The van der Waals surface area contributed by atoms with Gasteiger partial charge in [0.15, 0.2) is 5.82 Å². The molecule has 102 valence electrons. The summed E-state index contributed by atoms with van der Waals surface area (Å²) in [6.45, 7) is 1.88. The normalized spacial score (nSPS) is 10.8. The number of rotatable bonds is 4. The third kappa shape index (κ3) is 2.55. The Hall–Kier alpha value is -2.21. The molecule has 0 radical (unpaired) electrons. The van der Waals surface area contributed by atoms with Crippen LogP contribution in [0.5, 0.6) is 0 Å². The van der Waals surface area contributed by atoms with Crippen LogP contribution < -0.4 is 5.73 Å². The van der Waals surface area contributed by atoms with Crippen molar-refractivity contribution in [3.8, 4) is 11.5 Å². The van der Waals surface area contributed by atoms with E-state index in [2.05, 4.69) is 26.6 Å². The monoisotopic (exact) mass is 286 g/mol. The minimum atomic E-state index is 0.455. The first kappa shape index (κ1) is 12.8. The average molecular weight is 286 g/mol. The predicted molar refractivity (Wildman–Crippen MR) is 78.4 cm³/mol. The van der Waals surface area contributed by atoms with Gasteiger partial charge in [0.1, 0.15) is 5.00 Å². The maximum absolute atomic E-state index is 5.88. The molecule has 2 heterocycles. The van der Waals surface area contributed by atoms with E-state index in [1.807, 2.05) is 25.1 Å². The van der Waals surface area contributed by atoms with Gasteiger partial charge in [0.2, 0.25) is 0 Å². The quantitative estimate of drug-likeness (QED) is 0.798. The van der Waals surface area contributed by atoms with Crippen molar-refractivity contribution in [2.75, 3.05) is 5.73 Å². The fourth-order valence-corrected chi connectivity index (χ4v) is 2.66. The van der Waals surface area contributed by atoms with Gasteiger partial charge in [-0.3, -0.25) is 0 Å². The number of nitrogens with zero attached hydrogens (tertiary/aromatic N) is 3. The van der Waals surface area contributed by atoms with Crippen LogP contribution in [0.15, 0.2) is 34.9 Å². The number of benzene rings is 1. The molecule has 0 aliphatic rings. The van der Waals surface area contributed by atoms with Gasteiger partial charge >= 0.3 is 0 Å². The van der Waals surface area contributed by atoms with Crippen LogP contribution in [0.2, 0.25) is 0 Å². The van der Waals surface area contributed by atoms with Gasteiger partial charge in [-0.15, -0.1) is 0 Å². The van der Waals surface area contributed by atoms with Gasteiger partial charge in [-0.2, -0.15) is 9.36 Å². The summed E-state index contributed by atoms with van der Waals surface area (Å²) in [5.41, 5.74) is 8.71. The number of aromatic nitrogens is 3. The number of anilines is 1. The van der Waals surface area contributed by atoms with Gasteiger partial charge in [0, 0.05) is 6.42 Å². The Morgan fingerprint density at radius 2 is 2.00 bits per heavy atom. The highest BCUT2D eigenvalue weighted by Gasteiger charge is 2.17. The molecular weight excluding hydrogens is 272 g/mol. The van der Waals surface area contributed by atoms with Crippen molar-refractivity contribution < 1.29 is 4.52 Å². The first-order chi connectivity index (χ1) is 9.74. The molecule has 0 saturated heterocycles. The van der Waals surface area contributed by atoms with E-state index in [4.69, 9.17) is 10.3 Å². The zero-order valence-electron chi connectivity index (χ0n) is 11.0. The maximum Gasteiger partial charge on any atom is 0.262 e. The molecule has 0 saturated carbocycles. The zero-order valence-corrected chi connectivity index (χ0v) is 11.9. The Morgan fingerprint density at radius 1 is 1.20 bits per heavy atom. The number of nitrogen functional groups attached to an aromatic ring is 1. The van der Waals surface area contributed by atoms with Gasteiger partial charge in [-0.05, 0) is 30.4 Å². The highest BCUT2D eigenvalue weighted by Crippen LogP contribution is 2.30. The number of nitrogens with two attached hydrogens (primary N) is 1. The highest BCUT2D eigenvalue weighted by atomic mass is 32.1. The van der Waals surface area contributed by atoms with Crippen LogP contribution in [0.4, 0.5) is 5.00 Å². The summed E-state index contributed by atoms with van der Waals surface area (Å²) in [5.74, 6) is 1.14. The molecule has 0 amide bonds. The highest BCUT2D eigenvalue weighted by molar-refractivity contribution is 7.10. The van der Waals surface area contributed by atoms with Crippen molar-refractivity contribution >= 4 is 16.5 Å². The lowest BCUT2D eigenvalue weighted by atomic mass is 10.1. The summed E-state index contributed by atoms with van der Waals surface area (Å²) in [4.78, 5) is 4.40. The molecule has 0 unspecified atom stereocenters. The van der Waals surface area contributed by atoms with E-state index >= 15 is 0 Å². The molecule has 6 heteroatoms. The SMILES string of the molecule is Cc1nsc(N)c1-c1nc(CCc2ccccc2)no1. The molecule has 2 N–H and O–H groups in total. The first-order valence-corrected chi connectivity index (χ1v) is 7.10. The lowest BCUT2D eigenvalue weighted by Gasteiger charge is -1.96. The fourth-order valence-electron chi connectivity index (χ4n) is 2.01. The molecule has 0 aliphatic carbocycles. The standard InChI is InChI=1S/C14H14N4OS/c1-9-12(13(15)20-18-9)14-16-11(17-19-14)8-7-10-5-3-2-4-6-10/h2-6H,7-8,15H2,1H3. The van der Waals surface area contributed by atoms with Gasteiger partial charge in [0.05, 0.1) is 11.3 Å². The number of hydrogen-bond donors (Lipinski definition) is 1. The second-order valence-corrected chi connectivity index (χ2v) is 5.31. The summed E-state index contributed by atoms with van der Waals surface area (Å²) in [6, 6.07) is 10.2. The third-order valence-electron chi connectivity index (χ3n) is 3.05. The average Bonchev–Trinajstić information content (AvgIpc) is 3.05. The summed E-state index contributed by atoms with van der Waals surface area (Å²) in [5, 5.41) is 4.62. The number of hydrogen-bond acceptors (Lipinski definition) is 6. The Kier molecular flexibility index (Phi) is 3.47. The van der Waals surface area contributed by atoms with Crippen LogP contribution >= 0.6 is 11.5 Å². The molecule has 0 bridgehead atoms. The minimum Gasteiger partial charge on any atom is -0.389 e. The van der Waals surface area contributed by atoms with E-state index < -0.39 is 0 Å². The van der Waals surface area contributed by atoms with E-state index in [1.54, 1.807) is 0 Å². The van der Waals surface area contributed by atoms with Gasteiger partial charge < -0.3 is 10.3 Å². The third-order valence-corrected chi connectivity index (χ3v) is 3.82. The summed E-state index contributed by atoms with van der Waals surface area (Å²) >= 11 is 1.25. The van der Waals surface area contributed by atoms with E-state index in [0.717, 1.165) is 24.1 Å². The van der Waals surface area contributed by atoms with Crippen LogP contribution in [0.25, 0.3) is 11.5 Å². The Morgan fingerprint density at radius 3 is 2.70 bits per heavy atom. The Balaban J connectivity index is 1.74. The van der Waals surface area contributed by atoms with E-state index in [1.165, 1.54) is 17.1 Å². The van der Waals surface area contributed by atoms with Crippen LogP contribution in [0.3, 0.4) is 0 Å². The summed E-state index contributed by atoms with van der Waals surface area (Å²) in [6.07, 6.45) is 1.63. The largest absolute Gasteiger partial charge is 0.389 e. The fraction of sp³-hybridized carbons (Fsp3) is 0.214. The molecule has 5 nitrogen and oxygen atoms in total. The second-order valence-electron chi connectivity index (χ2n) is 4.51. The van der Waals surface area contributed by atoms with Gasteiger partial charge in [0.25, 0.3) is 5.89 Å². The van der Waals surface area contributed by atoms with Crippen molar-refractivity contribution in [2.24, 2.45) is 0 Å². The number of aryl methyl sites for hydroxylation is 3. The molecule has 20 heavy (non-hydrogen) atoms. The molecule has 0 spiro atoms. The molecule has 1 aromatic carbocycles. The summed E-state index contributed by atoms with van der Waals surface area (Å²) < 4.78 is 9.47. The second kappa shape index (κ2) is 5.42. The lowest BCUT2D eigenvalue weighted by molar-refractivity contribution is 0.422. The van der Waals surface area contributed by atoms with Crippen LogP contribution in [0, 0.1) is 6.92 Å². The van der Waals surface area contributed by atoms with Crippen molar-refractivity contribution in [1.29, 1.82) is 0 Å². The maximum atomic E-state index is 5.88. The van der Waals surface area contributed by atoms with Crippen LogP contribution in [0.1, 0.15) is 17.1 Å². The Bertz CT molecular complexity index is 686. The van der Waals surface area contributed by atoms with E-state index in [-0.39, 0.29) is 0 Å². The molecule has 3 rings (SSSR count). The van der Waals surface area contributed by atoms with E-state index in [9.17, 15) is 0 Å². The van der Waals surface area contributed by atoms with Crippen molar-refractivity contribution in [1.82, 2.24) is 14.5 Å². The minimum absolute atomic E-state index is 0.455. The van der Waals surface area contributed by atoms with Crippen molar-refractivity contribution in [2.45, 2.75) is 19.8 Å². The summed E-state index contributed by atoms with van der Waals surface area (Å²) in [7, 11) is 0. The van der Waals surface area contributed by atoms with Crippen LogP contribution in [-0.2, 0) is 12.8 Å². The zero-order chi connectivity index (χ0) is 13.9. The molecule has 2 aromatic heterocycles. The topological polar surface area (TPSA) is 77.8 Å². The smallest absolute Gasteiger partial charge is 0.262 e. The van der Waals surface area contributed by atoms with Gasteiger partial charge in [-0.25, -0.2) is 0 Å². The molecule has 0 atom stereocenters. The Labute approximate surface area is 120 Å². The molecular formula is C14H14N4OS. The first-order valence-electron chi connectivity index (χ1n) is 6.32.